The summed E-state index contributed by atoms with van der Waals surface area (Å²) in [5, 5.41) is 13.5. The minimum atomic E-state index is -0.668. The van der Waals surface area contributed by atoms with Gasteiger partial charge in [0.25, 0.3) is 0 Å². The Balaban J connectivity index is 2.08. The summed E-state index contributed by atoms with van der Waals surface area (Å²) in [6, 6.07) is 14.0. The smallest absolute Gasteiger partial charge is 0.123 e. The number of hydrogen-bond acceptors (Lipinski definition) is 2. The molecular formula is C18H22FNO. The Bertz CT molecular complexity index is 587. The molecule has 0 saturated heterocycles. The number of halogens is 1. The van der Waals surface area contributed by atoms with Crippen molar-refractivity contribution < 1.29 is 9.50 Å². The summed E-state index contributed by atoms with van der Waals surface area (Å²) in [5.74, 6) is -0.294. The van der Waals surface area contributed by atoms with Gasteiger partial charge in [-0.15, -0.1) is 0 Å². The van der Waals surface area contributed by atoms with E-state index in [1.54, 1.807) is 12.1 Å². The van der Waals surface area contributed by atoms with Crippen LogP contribution < -0.4 is 5.32 Å². The average molecular weight is 287 g/mol. The third-order valence-corrected chi connectivity index (χ3v) is 3.48. The second-order valence-electron chi connectivity index (χ2n) is 6.24. The maximum Gasteiger partial charge on any atom is 0.123 e. The molecule has 0 amide bonds. The lowest BCUT2D eigenvalue weighted by Crippen LogP contribution is -2.18. The van der Waals surface area contributed by atoms with Crippen LogP contribution in [0.1, 0.15) is 38.0 Å². The van der Waals surface area contributed by atoms with Crippen molar-refractivity contribution in [1.82, 2.24) is 0 Å². The van der Waals surface area contributed by atoms with Crippen LogP contribution in [0.2, 0.25) is 0 Å². The van der Waals surface area contributed by atoms with Crippen molar-refractivity contribution in [3.63, 3.8) is 0 Å². The molecule has 0 radical (unpaired) electrons. The molecule has 0 heterocycles. The van der Waals surface area contributed by atoms with Crippen LogP contribution in [0.5, 0.6) is 0 Å². The lowest BCUT2D eigenvalue weighted by Gasteiger charge is -2.24. The van der Waals surface area contributed by atoms with Gasteiger partial charge in [-0.3, -0.25) is 0 Å². The largest absolute Gasteiger partial charge is 0.387 e. The molecular weight excluding hydrogens is 265 g/mol. The van der Waals surface area contributed by atoms with E-state index in [0.29, 0.717) is 12.1 Å². The van der Waals surface area contributed by atoms with Crippen molar-refractivity contribution in [2.75, 3.05) is 11.9 Å². The van der Waals surface area contributed by atoms with E-state index in [2.05, 4.69) is 32.2 Å². The van der Waals surface area contributed by atoms with Gasteiger partial charge < -0.3 is 10.4 Å². The van der Waals surface area contributed by atoms with Gasteiger partial charge in [-0.1, -0.05) is 51.1 Å². The third kappa shape index (κ3) is 4.05. The number of aliphatic hydroxyl groups is 1. The number of nitrogens with one attached hydrogen (secondary N) is 1. The molecule has 0 aliphatic carbocycles. The molecule has 0 spiro atoms. The van der Waals surface area contributed by atoms with E-state index < -0.39 is 6.10 Å². The number of hydrogen-bond donors (Lipinski definition) is 2. The fourth-order valence-electron chi connectivity index (χ4n) is 2.30. The van der Waals surface area contributed by atoms with Crippen LogP contribution in [-0.2, 0) is 5.41 Å². The normalized spacial score (nSPS) is 13.0. The Hall–Kier alpha value is -1.87. The molecule has 2 rings (SSSR count). The molecule has 0 fully saturated rings. The molecule has 0 bridgehead atoms. The van der Waals surface area contributed by atoms with E-state index >= 15 is 0 Å². The summed E-state index contributed by atoms with van der Waals surface area (Å²) in [5.41, 5.74) is 2.96. The topological polar surface area (TPSA) is 32.3 Å². The van der Waals surface area contributed by atoms with Crippen LogP contribution in [0.25, 0.3) is 0 Å². The fourth-order valence-corrected chi connectivity index (χ4v) is 2.30. The predicted octanol–water partition coefficient (Wildman–Crippen LogP) is 4.27. The van der Waals surface area contributed by atoms with Crippen molar-refractivity contribution in [1.29, 1.82) is 0 Å². The highest BCUT2D eigenvalue weighted by Crippen LogP contribution is 2.29. The quantitative estimate of drug-likeness (QED) is 0.880. The summed E-state index contributed by atoms with van der Waals surface area (Å²) in [6.07, 6.45) is -0.668. The standard InChI is InChI=1S/C18H22FNO/c1-18(2,3)15-6-4-5-7-16(15)20-12-17(21)13-8-10-14(19)11-9-13/h4-11,17,20-21H,12H2,1-3H3. The zero-order chi connectivity index (χ0) is 15.5. The lowest BCUT2D eigenvalue weighted by molar-refractivity contribution is 0.191. The summed E-state index contributed by atoms with van der Waals surface area (Å²) in [4.78, 5) is 0. The summed E-state index contributed by atoms with van der Waals surface area (Å²) >= 11 is 0. The monoisotopic (exact) mass is 287 g/mol. The molecule has 2 nitrogen and oxygen atoms in total. The summed E-state index contributed by atoms with van der Waals surface area (Å²) in [7, 11) is 0. The number of rotatable bonds is 4. The summed E-state index contributed by atoms with van der Waals surface area (Å²) < 4.78 is 12.9. The Morgan fingerprint density at radius 3 is 2.29 bits per heavy atom. The molecule has 3 heteroatoms. The highest BCUT2D eigenvalue weighted by molar-refractivity contribution is 5.54. The van der Waals surface area contributed by atoms with Gasteiger partial charge in [0.2, 0.25) is 0 Å². The van der Waals surface area contributed by atoms with Crippen LogP contribution in [0.15, 0.2) is 48.5 Å². The molecule has 2 N–H and O–H groups in total. The van der Waals surface area contributed by atoms with Gasteiger partial charge in [-0.05, 0) is 34.7 Å². The third-order valence-electron chi connectivity index (χ3n) is 3.48. The molecule has 1 atom stereocenters. The maximum absolute atomic E-state index is 12.9. The van der Waals surface area contributed by atoms with Crippen molar-refractivity contribution in [3.05, 3.63) is 65.5 Å². The van der Waals surface area contributed by atoms with Gasteiger partial charge in [0.05, 0.1) is 6.10 Å². The van der Waals surface area contributed by atoms with Crippen molar-refractivity contribution in [2.24, 2.45) is 0 Å². The first kappa shape index (κ1) is 15.5. The van der Waals surface area contributed by atoms with Crippen molar-refractivity contribution >= 4 is 5.69 Å². The van der Waals surface area contributed by atoms with E-state index in [1.165, 1.54) is 17.7 Å². The molecule has 112 valence electrons. The Labute approximate surface area is 125 Å². The highest BCUT2D eigenvalue weighted by Gasteiger charge is 2.17. The Kier molecular flexibility index (Phi) is 4.63. The first-order valence-corrected chi connectivity index (χ1v) is 7.15. The highest BCUT2D eigenvalue weighted by atomic mass is 19.1. The number of aliphatic hydroxyl groups excluding tert-OH is 1. The van der Waals surface area contributed by atoms with Crippen LogP contribution >= 0.6 is 0 Å². The zero-order valence-electron chi connectivity index (χ0n) is 12.7. The van der Waals surface area contributed by atoms with E-state index in [-0.39, 0.29) is 11.2 Å². The second-order valence-corrected chi connectivity index (χ2v) is 6.24. The molecule has 2 aromatic rings. The van der Waals surface area contributed by atoms with E-state index in [9.17, 15) is 9.50 Å². The number of anilines is 1. The van der Waals surface area contributed by atoms with Crippen LogP contribution in [0, 0.1) is 5.82 Å². The first-order chi connectivity index (χ1) is 9.88. The molecule has 21 heavy (non-hydrogen) atoms. The minimum absolute atomic E-state index is 0.0322. The molecule has 1 unspecified atom stereocenters. The van der Waals surface area contributed by atoms with Gasteiger partial charge >= 0.3 is 0 Å². The summed E-state index contributed by atoms with van der Waals surface area (Å²) in [6.45, 7) is 6.86. The fraction of sp³-hybridized carbons (Fsp3) is 0.333. The van der Waals surface area contributed by atoms with Gasteiger partial charge in [0, 0.05) is 12.2 Å². The van der Waals surface area contributed by atoms with Gasteiger partial charge in [0.1, 0.15) is 5.82 Å². The molecule has 0 aliphatic heterocycles. The van der Waals surface area contributed by atoms with E-state index in [1.807, 2.05) is 18.2 Å². The van der Waals surface area contributed by atoms with Crippen LogP contribution in [-0.4, -0.2) is 11.7 Å². The number of para-hydroxylation sites is 1. The van der Waals surface area contributed by atoms with Gasteiger partial charge in [-0.25, -0.2) is 4.39 Å². The lowest BCUT2D eigenvalue weighted by atomic mass is 9.86. The maximum atomic E-state index is 12.9. The van der Waals surface area contributed by atoms with E-state index in [0.717, 1.165) is 5.69 Å². The zero-order valence-corrected chi connectivity index (χ0v) is 12.7. The van der Waals surface area contributed by atoms with Crippen LogP contribution in [0.4, 0.5) is 10.1 Å². The Morgan fingerprint density at radius 2 is 1.67 bits per heavy atom. The average Bonchev–Trinajstić information content (AvgIpc) is 2.45. The molecule has 0 aliphatic rings. The van der Waals surface area contributed by atoms with Crippen molar-refractivity contribution in [2.45, 2.75) is 32.3 Å². The minimum Gasteiger partial charge on any atom is -0.387 e. The van der Waals surface area contributed by atoms with Gasteiger partial charge in [-0.2, -0.15) is 0 Å². The SMILES string of the molecule is CC(C)(C)c1ccccc1NCC(O)c1ccc(F)cc1. The molecule has 0 aromatic heterocycles. The van der Waals surface area contributed by atoms with Crippen LogP contribution in [0.3, 0.4) is 0 Å². The molecule has 2 aromatic carbocycles. The number of benzene rings is 2. The van der Waals surface area contributed by atoms with Gasteiger partial charge in [0.15, 0.2) is 0 Å². The second kappa shape index (κ2) is 6.27. The molecule has 0 saturated carbocycles. The predicted molar refractivity (Wildman–Crippen MR) is 85.0 cm³/mol. The van der Waals surface area contributed by atoms with E-state index in [4.69, 9.17) is 0 Å². The van der Waals surface area contributed by atoms with Crippen molar-refractivity contribution in [3.8, 4) is 0 Å². The first-order valence-electron chi connectivity index (χ1n) is 7.15. The Morgan fingerprint density at radius 1 is 1.05 bits per heavy atom.